The smallest absolute Gasteiger partial charge is 0.352 e. The summed E-state index contributed by atoms with van der Waals surface area (Å²) in [6.45, 7) is 0.312. The lowest BCUT2D eigenvalue weighted by Gasteiger charge is -2.22. The van der Waals surface area contributed by atoms with Gasteiger partial charge >= 0.3 is 6.18 Å². The first-order valence-electron chi connectivity index (χ1n) is 9.18. The maximum Gasteiger partial charge on any atom is 0.434 e. The van der Waals surface area contributed by atoms with E-state index in [1.807, 2.05) is 0 Å². The molecular weight excluding hydrogens is 412 g/mol. The molecule has 3 rings (SSSR count). The fourth-order valence-corrected chi connectivity index (χ4v) is 3.42. The lowest BCUT2D eigenvalue weighted by Crippen LogP contribution is -2.32. The highest BCUT2D eigenvalue weighted by atomic mass is 35.5. The summed E-state index contributed by atoms with van der Waals surface area (Å²) in [5, 5.41) is 5.06. The number of rotatable bonds is 5. The van der Waals surface area contributed by atoms with E-state index in [1.54, 1.807) is 0 Å². The minimum atomic E-state index is -4.88. The first kappa shape index (κ1) is 21.3. The second kappa shape index (κ2) is 8.94. The summed E-state index contributed by atoms with van der Waals surface area (Å²) in [6.07, 6.45) is 1.05. The number of hydrogen-bond donors (Lipinski definition) is 2. The number of aromatic nitrogens is 2. The van der Waals surface area contributed by atoms with E-state index in [4.69, 9.17) is 11.6 Å². The van der Waals surface area contributed by atoms with Crippen molar-refractivity contribution >= 4 is 29.1 Å². The lowest BCUT2D eigenvalue weighted by molar-refractivity contribution is -0.141. The first-order valence-corrected chi connectivity index (χ1v) is 9.56. The maximum atomic E-state index is 13.9. The number of amides is 1. The molecule has 5 nitrogen and oxygen atoms in total. The van der Waals surface area contributed by atoms with Gasteiger partial charge in [-0.05, 0) is 37.0 Å². The van der Waals surface area contributed by atoms with Gasteiger partial charge in [0.25, 0.3) is 5.91 Å². The summed E-state index contributed by atoms with van der Waals surface area (Å²) < 4.78 is 54.3. The summed E-state index contributed by atoms with van der Waals surface area (Å²) in [7, 11) is 0. The number of anilines is 2. The number of hydrogen-bond acceptors (Lipinski definition) is 4. The summed E-state index contributed by atoms with van der Waals surface area (Å²) in [6, 6.07) is 3.62. The average Bonchev–Trinajstić information content (AvgIpc) is 2.68. The molecule has 1 aromatic carbocycles. The molecule has 1 fully saturated rings. The van der Waals surface area contributed by atoms with Crippen LogP contribution in [0.5, 0.6) is 0 Å². The van der Waals surface area contributed by atoms with Crippen LogP contribution in [-0.4, -0.2) is 22.4 Å². The molecule has 0 saturated heterocycles. The highest BCUT2D eigenvalue weighted by Gasteiger charge is 2.38. The van der Waals surface area contributed by atoms with E-state index < -0.39 is 35.1 Å². The molecule has 0 radical (unpaired) electrons. The van der Waals surface area contributed by atoms with Crippen molar-refractivity contribution in [3.63, 3.8) is 0 Å². The molecule has 1 aromatic heterocycles. The van der Waals surface area contributed by atoms with Crippen LogP contribution in [0.25, 0.3) is 0 Å². The Morgan fingerprint density at radius 2 is 1.93 bits per heavy atom. The van der Waals surface area contributed by atoms with Gasteiger partial charge in [-0.2, -0.15) is 13.2 Å². The first-order chi connectivity index (χ1) is 13.7. The Morgan fingerprint density at radius 3 is 2.59 bits per heavy atom. The Morgan fingerprint density at radius 1 is 1.21 bits per heavy atom. The molecule has 156 valence electrons. The standard InChI is InChI=1S/C19H19ClF4N4O/c20-12-6-7-15(14(21)8-12)27-18-26-10-13(16(28-18)19(22,23)24)17(29)25-9-11-4-2-1-3-5-11/h6-8,10-11H,1-5,9H2,(H,25,29)(H,26,27,28). The topological polar surface area (TPSA) is 66.9 Å². The van der Waals surface area contributed by atoms with Crippen LogP contribution in [0, 0.1) is 11.7 Å². The van der Waals surface area contributed by atoms with E-state index in [-0.39, 0.29) is 16.6 Å². The molecule has 1 amide bonds. The third-order valence-electron chi connectivity index (χ3n) is 4.76. The second-order valence-corrected chi connectivity index (χ2v) is 7.35. The second-order valence-electron chi connectivity index (χ2n) is 6.92. The van der Waals surface area contributed by atoms with E-state index in [2.05, 4.69) is 20.6 Å². The van der Waals surface area contributed by atoms with E-state index in [9.17, 15) is 22.4 Å². The van der Waals surface area contributed by atoms with Crippen LogP contribution in [-0.2, 0) is 6.18 Å². The zero-order valence-corrected chi connectivity index (χ0v) is 16.1. The van der Waals surface area contributed by atoms with Gasteiger partial charge in [0.1, 0.15) is 5.82 Å². The van der Waals surface area contributed by atoms with E-state index in [0.29, 0.717) is 6.54 Å². The van der Waals surface area contributed by atoms with Crippen LogP contribution >= 0.6 is 11.6 Å². The van der Waals surface area contributed by atoms with Crippen molar-refractivity contribution in [2.24, 2.45) is 5.92 Å². The van der Waals surface area contributed by atoms with Crippen molar-refractivity contribution in [3.8, 4) is 0 Å². The molecule has 1 heterocycles. The number of halogens is 5. The molecule has 2 aromatic rings. The normalized spacial score (nSPS) is 15.2. The largest absolute Gasteiger partial charge is 0.434 e. The fraction of sp³-hybridized carbons (Fsp3) is 0.421. The van der Waals surface area contributed by atoms with Crippen molar-refractivity contribution in [1.29, 1.82) is 0 Å². The van der Waals surface area contributed by atoms with Crippen LogP contribution in [0.4, 0.5) is 29.2 Å². The lowest BCUT2D eigenvalue weighted by atomic mass is 9.89. The van der Waals surface area contributed by atoms with Crippen molar-refractivity contribution in [2.75, 3.05) is 11.9 Å². The maximum absolute atomic E-state index is 13.9. The van der Waals surface area contributed by atoms with E-state index >= 15 is 0 Å². The van der Waals surface area contributed by atoms with Crippen molar-refractivity contribution in [1.82, 2.24) is 15.3 Å². The quantitative estimate of drug-likeness (QED) is 0.628. The molecular formula is C19H19ClF4N4O. The average molecular weight is 431 g/mol. The van der Waals surface area contributed by atoms with Crippen molar-refractivity contribution in [3.05, 3.63) is 46.5 Å². The Balaban J connectivity index is 1.79. The van der Waals surface area contributed by atoms with Gasteiger partial charge in [-0.15, -0.1) is 0 Å². The van der Waals surface area contributed by atoms with Gasteiger partial charge in [0, 0.05) is 17.8 Å². The minimum Gasteiger partial charge on any atom is -0.352 e. The van der Waals surface area contributed by atoms with Gasteiger partial charge in [-0.25, -0.2) is 14.4 Å². The molecule has 0 spiro atoms. The number of carbonyl (C=O) groups is 1. The van der Waals surface area contributed by atoms with Crippen LogP contribution in [0.1, 0.15) is 48.2 Å². The number of alkyl halides is 3. The minimum absolute atomic E-state index is 0.134. The van der Waals surface area contributed by atoms with Crippen LogP contribution in [0.3, 0.4) is 0 Å². The van der Waals surface area contributed by atoms with Crippen molar-refractivity contribution in [2.45, 2.75) is 38.3 Å². The van der Waals surface area contributed by atoms with Gasteiger partial charge in [0.2, 0.25) is 5.95 Å². The molecule has 1 saturated carbocycles. The Kier molecular flexibility index (Phi) is 6.56. The Hall–Kier alpha value is -2.42. The molecule has 0 unspecified atom stereocenters. The Labute approximate surface area is 169 Å². The monoisotopic (exact) mass is 430 g/mol. The molecule has 2 N–H and O–H groups in total. The summed E-state index contributed by atoms with van der Waals surface area (Å²) in [4.78, 5) is 19.5. The number of nitrogens with zero attached hydrogens (tertiary/aromatic N) is 2. The Bertz CT molecular complexity index is 885. The van der Waals surface area contributed by atoms with E-state index in [0.717, 1.165) is 44.4 Å². The summed E-state index contributed by atoms with van der Waals surface area (Å²) in [5.41, 5.74) is -2.20. The fourth-order valence-electron chi connectivity index (χ4n) is 3.26. The summed E-state index contributed by atoms with van der Waals surface area (Å²) in [5.74, 6) is -1.88. The zero-order chi connectivity index (χ0) is 21.0. The predicted octanol–water partition coefficient (Wildman–Crippen LogP) is 5.34. The van der Waals surface area contributed by atoms with Crippen molar-refractivity contribution < 1.29 is 22.4 Å². The molecule has 10 heteroatoms. The number of nitrogens with one attached hydrogen (secondary N) is 2. The van der Waals surface area contributed by atoms with Gasteiger partial charge in [0.15, 0.2) is 5.69 Å². The number of carbonyl (C=O) groups excluding carboxylic acids is 1. The molecule has 0 aliphatic heterocycles. The molecule has 1 aliphatic rings. The predicted molar refractivity (Wildman–Crippen MR) is 101 cm³/mol. The highest BCUT2D eigenvalue weighted by molar-refractivity contribution is 6.30. The molecule has 0 bridgehead atoms. The van der Waals surface area contributed by atoms with Gasteiger partial charge in [0.05, 0.1) is 11.3 Å². The third-order valence-corrected chi connectivity index (χ3v) is 4.99. The SMILES string of the molecule is O=C(NCC1CCCCC1)c1cnc(Nc2ccc(Cl)cc2F)nc1C(F)(F)F. The van der Waals surface area contributed by atoms with Crippen LogP contribution in [0.15, 0.2) is 24.4 Å². The van der Waals surface area contributed by atoms with Crippen LogP contribution < -0.4 is 10.6 Å². The van der Waals surface area contributed by atoms with E-state index in [1.165, 1.54) is 12.1 Å². The summed E-state index contributed by atoms with van der Waals surface area (Å²) >= 11 is 5.65. The number of benzene rings is 1. The zero-order valence-electron chi connectivity index (χ0n) is 15.3. The van der Waals surface area contributed by atoms with Crippen LogP contribution in [0.2, 0.25) is 5.02 Å². The molecule has 29 heavy (non-hydrogen) atoms. The van der Waals surface area contributed by atoms with Gasteiger partial charge < -0.3 is 10.6 Å². The van der Waals surface area contributed by atoms with Gasteiger partial charge in [-0.1, -0.05) is 30.9 Å². The highest BCUT2D eigenvalue weighted by Crippen LogP contribution is 2.32. The third kappa shape index (κ3) is 5.56. The molecule has 0 atom stereocenters. The molecule has 1 aliphatic carbocycles. The van der Waals surface area contributed by atoms with Gasteiger partial charge in [-0.3, -0.25) is 4.79 Å².